The Labute approximate surface area is 244 Å². The van der Waals surface area contributed by atoms with Crippen LogP contribution < -0.4 is 10.6 Å². The number of aliphatic imine (C=N–C) groups is 1. The molecule has 0 spiro atoms. The Morgan fingerprint density at radius 3 is 2.37 bits per heavy atom. The number of hydrogen-bond acceptors (Lipinski definition) is 7. The Kier molecular flexibility index (Phi) is 9.91. The molecular weight excluding hydrogens is 536 g/mol. The lowest BCUT2D eigenvalue weighted by molar-refractivity contribution is -0.144. The number of anilines is 1. The van der Waals surface area contributed by atoms with E-state index in [1.54, 1.807) is 37.0 Å². The highest BCUT2D eigenvalue weighted by Crippen LogP contribution is 2.27. The lowest BCUT2D eigenvalue weighted by Crippen LogP contribution is -2.33. The summed E-state index contributed by atoms with van der Waals surface area (Å²) in [6, 6.07) is 22.6. The lowest BCUT2D eigenvalue weighted by atomic mass is 10.0. The number of nitrogens with zero attached hydrogens (tertiary/aromatic N) is 4. The fraction of sp³-hybridized carbons (Fsp3) is 0.258. The van der Waals surface area contributed by atoms with Crippen LogP contribution in [0.1, 0.15) is 44.7 Å². The summed E-state index contributed by atoms with van der Waals surface area (Å²) in [5.41, 5.74) is 5.28. The van der Waals surface area contributed by atoms with E-state index in [9.17, 15) is 9.59 Å². The van der Waals surface area contributed by atoms with E-state index in [-0.39, 0.29) is 23.7 Å². The van der Waals surface area contributed by atoms with Crippen LogP contribution in [0.5, 0.6) is 0 Å². The van der Waals surface area contributed by atoms with Crippen molar-refractivity contribution < 1.29 is 14.3 Å². The molecule has 0 fully saturated rings. The van der Waals surface area contributed by atoms with Crippen molar-refractivity contribution in [3.8, 4) is 17.1 Å². The number of thioether (sulfide) groups is 1. The van der Waals surface area contributed by atoms with Crippen LogP contribution in [0.2, 0.25) is 0 Å². The molecule has 0 unspecified atom stereocenters. The van der Waals surface area contributed by atoms with Gasteiger partial charge in [-0.1, -0.05) is 63.6 Å². The number of amides is 2. The quantitative estimate of drug-likeness (QED) is 0.102. The van der Waals surface area contributed by atoms with Crippen LogP contribution in [0.4, 0.5) is 16.2 Å². The summed E-state index contributed by atoms with van der Waals surface area (Å²) in [6.07, 6.45) is 1.67. The summed E-state index contributed by atoms with van der Waals surface area (Å²) < 4.78 is 7.02. The number of ether oxygens (including phenoxy) is 1. The first-order valence-corrected chi connectivity index (χ1v) is 14.3. The standard InChI is InChI=1S/C31H34N6O3S/c1-20(2)26-8-6-7-9-27(26)34-31(41-19-40-29(38)21(3)4)35-30(39)33-24-14-12-23(13-15-24)28-32-18-37(36-28)25-16-10-22(5)11-17-25/h6-18,20-21H,19H2,1-5H3,(H2,33,34,35,39). The summed E-state index contributed by atoms with van der Waals surface area (Å²) >= 11 is 1.14. The maximum Gasteiger partial charge on any atom is 0.325 e. The van der Waals surface area contributed by atoms with Gasteiger partial charge in [0.25, 0.3) is 0 Å². The van der Waals surface area contributed by atoms with E-state index >= 15 is 0 Å². The minimum Gasteiger partial charge on any atom is -0.454 e. The fourth-order valence-corrected chi connectivity index (χ4v) is 4.39. The molecule has 3 aromatic carbocycles. The molecule has 10 heteroatoms. The maximum atomic E-state index is 12.9. The molecular formula is C31H34N6O3S. The SMILES string of the molecule is Cc1ccc(-n2cnc(-c3ccc(NC(=O)NC(=Nc4ccccc4C(C)C)SCOC(=O)C(C)C)cc3)n2)cc1. The number of benzene rings is 3. The number of hydrogen-bond donors (Lipinski definition) is 2. The first-order chi connectivity index (χ1) is 19.7. The molecule has 1 aromatic heterocycles. The van der Waals surface area contributed by atoms with E-state index in [4.69, 9.17) is 4.74 Å². The van der Waals surface area contributed by atoms with Gasteiger partial charge in [0.15, 0.2) is 11.0 Å². The third-order valence-corrected chi connectivity index (χ3v) is 6.76. The molecule has 4 rings (SSSR count). The minimum atomic E-state index is -0.469. The molecule has 0 aliphatic rings. The van der Waals surface area contributed by atoms with Gasteiger partial charge in [0.05, 0.1) is 17.3 Å². The number of urea groups is 1. The van der Waals surface area contributed by atoms with Crippen LogP contribution in [0.25, 0.3) is 17.1 Å². The Bertz CT molecular complexity index is 1510. The van der Waals surface area contributed by atoms with Crippen molar-refractivity contribution in [2.75, 3.05) is 11.3 Å². The second kappa shape index (κ2) is 13.8. The Morgan fingerprint density at radius 2 is 1.68 bits per heavy atom. The Hall–Kier alpha value is -4.44. The smallest absolute Gasteiger partial charge is 0.325 e. The molecule has 1 heterocycles. The van der Waals surface area contributed by atoms with E-state index in [0.717, 1.165) is 34.3 Å². The average molecular weight is 571 g/mol. The number of aromatic nitrogens is 3. The molecule has 212 valence electrons. The molecule has 9 nitrogen and oxygen atoms in total. The summed E-state index contributed by atoms with van der Waals surface area (Å²) in [4.78, 5) is 34.0. The van der Waals surface area contributed by atoms with Crippen molar-refractivity contribution in [2.45, 2.75) is 40.5 Å². The van der Waals surface area contributed by atoms with E-state index in [1.165, 1.54) is 5.56 Å². The first kappa shape index (κ1) is 29.5. The number of rotatable bonds is 8. The van der Waals surface area contributed by atoms with Crippen LogP contribution in [0, 0.1) is 12.8 Å². The van der Waals surface area contributed by atoms with Gasteiger partial charge in [-0.15, -0.1) is 5.10 Å². The van der Waals surface area contributed by atoms with Gasteiger partial charge in [-0.05, 0) is 72.6 Å². The second-order valence-electron chi connectivity index (χ2n) is 10.0. The number of aryl methyl sites for hydroxylation is 1. The zero-order chi connectivity index (χ0) is 29.4. The van der Waals surface area contributed by atoms with Crippen LogP contribution >= 0.6 is 11.8 Å². The van der Waals surface area contributed by atoms with Gasteiger partial charge in [0, 0.05) is 11.3 Å². The van der Waals surface area contributed by atoms with E-state index in [1.807, 2.05) is 67.6 Å². The van der Waals surface area contributed by atoms with Gasteiger partial charge in [-0.3, -0.25) is 10.1 Å². The van der Waals surface area contributed by atoms with E-state index in [0.29, 0.717) is 16.7 Å². The lowest BCUT2D eigenvalue weighted by Gasteiger charge is -2.13. The van der Waals surface area contributed by atoms with Gasteiger partial charge in [0.2, 0.25) is 0 Å². The zero-order valence-corrected chi connectivity index (χ0v) is 24.6. The van der Waals surface area contributed by atoms with Crippen molar-refractivity contribution in [3.63, 3.8) is 0 Å². The van der Waals surface area contributed by atoms with Crippen molar-refractivity contribution in [1.82, 2.24) is 20.1 Å². The van der Waals surface area contributed by atoms with Crippen molar-refractivity contribution in [1.29, 1.82) is 0 Å². The number of carbonyl (C=O) groups excluding carboxylic acids is 2. The fourth-order valence-electron chi connectivity index (χ4n) is 3.77. The number of amidine groups is 1. The molecule has 2 N–H and O–H groups in total. The van der Waals surface area contributed by atoms with Crippen LogP contribution in [0.15, 0.2) is 84.1 Å². The maximum absolute atomic E-state index is 12.9. The van der Waals surface area contributed by atoms with Gasteiger partial charge < -0.3 is 10.1 Å². The number of esters is 1. The third kappa shape index (κ3) is 8.28. The van der Waals surface area contributed by atoms with Gasteiger partial charge in [-0.25, -0.2) is 19.5 Å². The highest BCUT2D eigenvalue weighted by atomic mass is 32.2. The second-order valence-corrected chi connectivity index (χ2v) is 10.9. The van der Waals surface area contributed by atoms with Crippen LogP contribution in [0.3, 0.4) is 0 Å². The summed E-state index contributed by atoms with van der Waals surface area (Å²) in [7, 11) is 0. The van der Waals surface area contributed by atoms with Gasteiger partial charge in [0.1, 0.15) is 12.3 Å². The van der Waals surface area contributed by atoms with Gasteiger partial charge in [-0.2, -0.15) is 0 Å². The minimum absolute atomic E-state index is 0.0247. The van der Waals surface area contributed by atoms with E-state index < -0.39 is 6.03 Å². The molecule has 0 aliphatic carbocycles. The predicted octanol–water partition coefficient (Wildman–Crippen LogP) is 7.07. The Balaban J connectivity index is 1.44. The molecule has 0 bridgehead atoms. The monoisotopic (exact) mass is 570 g/mol. The van der Waals surface area contributed by atoms with Crippen molar-refractivity contribution >= 4 is 40.3 Å². The highest BCUT2D eigenvalue weighted by Gasteiger charge is 2.14. The molecule has 0 radical (unpaired) electrons. The summed E-state index contributed by atoms with van der Waals surface area (Å²) in [5, 5.41) is 10.5. The molecule has 4 aromatic rings. The third-order valence-electron chi connectivity index (χ3n) is 6.06. The first-order valence-electron chi connectivity index (χ1n) is 13.3. The highest BCUT2D eigenvalue weighted by molar-refractivity contribution is 8.13. The zero-order valence-electron chi connectivity index (χ0n) is 23.8. The molecule has 2 amide bonds. The van der Waals surface area contributed by atoms with E-state index in [2.05, 4.69) is 39.6 Å². The Morgan fingerprint density at radius 1 is 0.976 bits per heavy atom. The summed E-state index contributed by atoms with van der Waals surface area (Å²) in [5.74, 6) is 0.277. The van der Waals surface area contributed by atoms with Crippen LogP contribution in [-0.2, 0) is 9.53 Å². The number of nitrogens with one attached hydrogen (secondary N) is 2. The molecule has 0 atom stereocenters. The number of para-hydroxylation sites is 1. The largest absolute Gasteiger partial charge is 0.454 e. The molecule has 0 aliphatic heterocycles. The molecule has 0 saturated carbocycles. The van der Waals surface area contributed by atoms with Crippen molar-refractivity contribution in [2.24, 2.45) is 10.9 Å². The number of carbonyl (C=O) groups is 2. The average Bonchev–Trinajstić information content (AvgIpc) is 3.44. The van der Waals surface area contributed by atoms with Crippen molar-refractivity contribution in [3.05, 3.63) is 90.3 Å². The molecule has 0 saturated heterocycles. The molecule has 41 heavy (non-hydrogen) atoms. The summed E-state index contributed by atoms with van der Waals surface area (Å²) in [6.45, 7) is 9.73. The normalized spacial score (nSPS) is 11.5. The predicted molar refractivity (Wildman–Crippen MR) is 165 cm³/mol. The van der Waals surface area contributed by atoms with Gasteiger partial charge >= 0.3 is 12.0 Å². The van der Waals surface area contributed by atoms with Crippen LogP contribution in [-0.4, -0.2) is 37.9 Å². The topological polar surface area (TPSA) is 111 Å².